The molecule has 2 N–H and O–H groups in total. The minimum absolute atomic E-state index is 0. The van der Waals surface area contributed by atoms with Crippen molar-refractivity contribution in [2.45, 2.75) is 53.0 Å². The number of pyridine rings is 1. The number of nitrogens with one attached hydrogen (secondary N) is 2. The minimum Gasteiger partial charge on any atom is -0.386 e. The molecular weight excluding hydrogens is 453 g/mol. The lowest BCUT2D eigenvalue weighted by molar-refractivity contribution is -0.128. The second-order valence-electron chi connectivity index (χ2n) is 7.50. The molecule has 1 aromatic rings. The van der Waals surface area contributed by atoms with Gasteiger partial charge in [-0.25, -0.2) is 0 Å². The summed E-state index contributed by atoms with van der Waals surface area (Å²) in [6.45, 7) is 9.83. The number of halogens is 1. The van der Waals surface area contributed by atoms with Crippen molar-refractivity contribution < 1.29 is 4.79 Å². The molecule has 3 heterocycles. The first-order chi connectivity index (χ1) is 12.4. The maximum Gasteiger partial charge on any atom is 0.219 e. The highest BCUT2D eigenvalue weighted by Crippen LogP contribution is 2.30. The van der Waals surface area contributed by atoms with E-state index in [1.54, 1.807) is 6.92 Å². The number of rotatable bonds is 3. The van der Waals surface area contributed by atoms with Crippen LogP contribution >= 0.6 is 24.0 Å². The van der Waals surface area contributed by atoms with Gasteiger partial charge in [0.1, 0.15) is 5.84 Å². The Hall–Kier alpha value is -1.64. The monoisotopic (exact) mass is 483 g/mol. The van der Waals surface area contributed by atoms with Crippen molar-refractivity contribution in [2.24, 2.45) is 0 Å². The minimum atomic E-state index is 0. The summed E-state index contributed by atoms with van der Waals surface area (Å²) >= 11 is 0. The first kappa shape index (κ1) is 21.7. The number of hydrogen-bond acceptors (Lipinski definition) is 4. The van der Waals surface area contributed by atoms with Crippen molar-refractivity contribution in [1.82, 2.24) is 15.2 Å². The summed E-state index contributed by atoms with van der Waals surface area (Å²) in [5.41, 5.74) is 5.32. The van der Waals surface area contributed by atoms with Gasteiger partial charge in [0.15, 0.2) is 0 Å². The topological polar surface area (TPSA) is 72.3 Å². The van der Waals surface area contributed by atoms with Gasteiger partial charge in [-0.3, -0.25) is 15.2 Å². The third-order valence-electron chi connectivity index (χ3n) is 5.03. The molecule has 3 rings (SSSR count). The fraction of sp³-hybridized carbons (Fsp3) is 0.550. The van der Waals surface area contributed by atoms with Crippen LogP contribution in [0.3, 0.4) is 0 Å². The number of carbonyl (C=O) groups is 1. The van der Waals surface area contributed by atoms with Crippen LogP contribution in [0.5, 0.6) is 0 Å². The quantitative estimate of drug-likeness (QED) is 0.394. The SMILES string of the molecule is CC(=O)N1CCC(NC(C)C)=C(C(=N)N2CCCc3cc(C)ncc32)C1.I. The van der Waals surface area contributed by atoms with Gasteiger partial charge in [0.05, 0.1) is 18.4 Å². The Labute approximate surface area is 178 Å². The lowest BCUT2D eigenvalue weighted by Gasteiger charge is -2.37. The van der Waals surface area contributed by atoms with Crippen LogP contribution in [-0.4, -0.2) is 47.3 Å². The summed E-state index contributed by atoms with van der Waals surface area (Å²) in [7, 11) is 0. The average Bonchev–Trinajstić information content (AvgIpc) is 2.60. The Bertz CT molecular complexity index is 759. The summed E-state index contributed by atoms with van der Waals surface area (Å²) in [5.74, 6) is 0.556. The first-order valence-electron chi connectivity index (χ1n) is 9.43. The van der Waals surface area contributed by atoms with E-state index in [-0.39, 0.29) is 29.9 Å². The van der Waals surface area contributed by atoms with Crippen molar-refractivity contribution in [3.63, 3.8) is 0 Å². The van der Waals surface area contributed by atoms with Crippen molar-refractivity contribution in [2.75, 3.05) is 24.5 Å². The van der Waals surface area contributed by atoms with Crippen LogP contribution in [0.1, 0.15) is 44.9 Å². The Kier molecular flexibility index (Phi) is 7.25. The number of carbonyl (C=O) groups excluding carboxylic acids is 1. The Morgan fingerprint density at radius 2 is 2.04 bits per heavy atom. The van der Waals surface area contributed by atoms with Crippen LogP contribution < -0.4 is 10.2 Å². The van der Waals surface area contributed by atoms with Crippen molar-refractivity contribution >= 4 is 41.4 Å². The van der Waals surface area contributed by atoms with Gasteiger partial charge in [-0.05, 0) is 45.2 Å². The lowest BCUT2D eigenvalue weighted by Crippen LogP contribution is -2.45. The summed E-state index contributed by atoms with van der Waals surface area (Å²) in [5, 5.41) is 12.4. The lowest BCUT2D eigenvalue weighted by atomic mass is 9.98. The first-order valence-corrected chi connectivity index (χ1v) is 9.43. The predicted molar refractivity (Wildman–Crippen MR) is 120 cm³/mol. The van der Waals surface area contributed by atoms with Crippen molar-refractivity contribution in [1.29, 1.82) is 5.41 Å². The van der Waals surface area contributed by atoms with Gasteiger partial charge in [0, 0.05) is 49.4 Å². The van der Waals surface area contributed by atoms with E-state index in [9.17, 15) is 4.79 Å². The Balaban J connectivity index is 0.00000261. The van der Waals surface area contributed by atoms with E-state index in [4.69, 9.17) is 5.41 Å². The fourth-order valence-corrected chi connectivity index (χ4v) is 3.75. The summed E-state index contributed by atoms with van der Waals surface area (Å²) in [4.78, 5) is 20.2. The molecule has 27 heavy (non-hydrogen) atoms. The van der Waals surface area contributed by atoms with E-state index >= 15 is 0 Å². The molecule has 0 unspecified atom stereocenters. The van der Waals surface area contributed by atoms with Crippen LogP contribution in [0.25, 0.3) is 0 Å². The highest BCUT2D eigenvalue weighted by atomic mass is 127. The van der Waals surface area contributed by atoms with Gasteiger partial charge in [-0.15, -0.1) is 24.0 Å². The van der Waals surface area contributed by atoms with Gasteiger partial charge in [0.25, 0.3) is 0 Å². The second-order valence-corrected chi connectivity index (χ2v) is 7.50. The summed E-state index contributed by atoms with van der Waals surface area (Å²) < 4.78 is 0. The molecule has 0 spiro atoms. The van der Waals surface area contributed by atoms with Crippen LogP contribution in [-0.2, 0) is 11.2 Å². The van der Waals surface area contributed by atoms with E-state index in [1.165, 1.54) is 5.56 Å². The highest BCUT2D eigenvalue weighted by Gasteiger charge is 2.29. The standard InChI is InChI=1S/C20H29N5O.HI/c1-13(2)23-18-7-9-24(15(4)26)12-17(18)20(21)25-8-5-6-16-10-14(3)22-11-19(16)25;/h10-11,13,21,23H,5-9,12H2,1-4H3;1H. The summed E-state index contributed by atoms with van der Waals surface area (Å²) in [6.07, 6.45) is 4.70. The Morgan fingerprint density at radius 1 is 1.30 bits per heavy atom. The zero-order chi connectivity index (χ0) is 18.8. The number of anilines is 1. The van der Waals surface area contributed by atoms with Gasteiger partial charge < -0.3 is 15.1 Å². The van der Waals surface area contributed by atoms with E-state index in [0.29, 0.717) is 25.0 Å². The van der Waals surface area contributed by atoms with Gasteiger partial charge >= 0.3 is 0 Å². The molecule has 1 amide bonds. The smallest absolute Gasteiger partial charge is 0.219 e. The molecule has 7 heteroatoms. The maximum atomic E-state index is 11.9. The molecule has 0 aromatic carbocycles. The van der Waals surface area contributed by atoms with Gasteiger partial charge in [0.2, 0.25) is 5.91 Å². The molecule has 0 atom stereocenters. The Morgan fingerprint density at radius 3 is 2.70 bits per heavy atom. The molecule has 0 bridgehead atoms. The normalized spacial score (nSPS) is 16.8. The molecular formula is C20H30IN5O. The van der Waals surface area contributed by atoms with E-state index in [0.717, 1.165) is 48.5 Å². The van der Waals surface area contributed by atoms with Crippen molar-refractivity contribution in [3.05, 3.63) is 34.8 Å². The van der Waals surface area contributed by atoms with E-state index in [1.807, 2.05) is 18.0 Å². The fourth-order valence-electron chi connectivity index (χ4n) is 3.75. The van der Waals surface area contributed by atoms with Crippen LogP contribution in [0.4, 0.5) is 5.69 Å². The highest BCUT2D eigenvalue weighted by molar-refractivity contribution is 14.0. The maximum absolute atomic E-state index is 11.9. The molecule has 0 saturated heterocycles. The number of fused-ring (bicyclic) bond motifs is 1. The number of hydrogen-bond donors (Lipinski definition) is 2. The third kappa shape index (κ3) is 4.80. The predicted octanol–water partition coefficient (Wildman–Crippen LogP) is 3.24. The number of aryl methyl sites for hydroxylation is 2. The van der Waals surface area contributed by atoms with E-state index < -0.39 is 0 Å². The van der Waals surface area contributed by atoms with Gasteiger partial charge in [-0.2, -0.15) is 0 Å². The molecule has 2 aliphatic rings. The zero-order valence-corrected chi connectivity index (χ0v) is 19.0. The zero-order valence-electron chi connectivity index (χ0n) is 16.6. The summed E-state index contributed by atoms with van der Waals surface area (Å²) in [6, 6.07) is 2.42. The average molecular weight is 483 g/mol. The number of nitrogens with zero attached hydrogens (tertiary/aromatic N) is 3. The number of aromatic nitrogens is 1. The molecule has 0 fully saturated rings. The molecule has 0 aliphatic carbocycles. The van der Waals surface area contributed by atoms with Crippen LogP contribution in [0.2, 0.25) is 0 Å². The van der Waals surface area contributed by atoms with Gasteiger partial charge in [-0.1, -0.05) is 0 Å². The molecule has 0 radical (unpaired) electrons. The molecule has 2 aliphatic heterocycles. The molecule has 148 valence electrons. The second kappa shape index (κ2) is 9.03. The number of amides is 1. The van der Waals surface area contributed by atoms with Crippen LogP contribution in [0.15, 0.2) is 23.5 Å². The molecule has 0 saturated carbocycles. The molecule has 1 aromatic heterocycles. The van der Waals surface area contributed by atoms with Crippen molar-refractivity contribution in [3.8, 4) is 0 Å². The molecule has 6 nitrogen and oxygen atoms in total. The number of amidine groups is 1. The largest absolute Gasteiger partial charge is 0.386 e. The third-order valence-corrected chi connectivity index (χ3v) is 5.03. The van der Waals surface area contributed by atoms with E-state index in [2.05, 4.69) is 35.1 Å². The van der Waals surface area contributed by atoms with Crippen LogP contribution in [0, 0.1) is 12.3 Å².